The Labute approximate surface area is 192 Å². The molecule has 1 amide bonds. The number of carbonyl (C=O) groups is 1. The highest BCUT2D eigenvalue weighted by Gasteiger charge is 2.40. The van der Waals surface area contributed by atoms with E-state index in [0.29, 0.717) is 24.4 Å². The van der Waals surface area contributed by atoms with Crippen molar-refractivity contribution in [2.75, 3.05) is 12.4 Å². The van der Waals surface area contributed by atoms with Gasteiger partial charge in [-0.25, -0.2) is 5.84 Å². The number of phenols is 1. The topological polar surface area (TPSA) is 154 Å². The van der Waals surface area contributed by atoms with E-state index in [9.17, 15) is 18.3 Å². The minimum atomic E-state index is -4.21. The highest BCUT2D eigenvalue weighted by Crippen LogP contribution is 2.38. The fourth-order valence-corrected chi connectivity index (χ4v) is 4.83. The summed E-state index contributed by atoms with van der Waals surface area (Å²) in [5.41, 5.74) is 0.453. The average molecular weight is 472 g/mol. The number of hydrogen-bond donors (Lipinski definition) is 3. The third-order valence-electron chi connectivity index (χ3n) is 5.48. The lowest BCUT2D eigenvalue weighted by Crippen LogP contribution is -2.49. The molecule has 0 saturated carbocycles. The van der Waals surface area contributed by atoms with Crippen LogP contribution >= 0.6 is 0 Å². The summed E-state index contributed by atoms with van der Waals surface area (Å²) in [7, 11) is -2.21. The number of amides is 1. The minimum absolute atomic E-state index is 0.107. The lowest BCUT2D eigenvalue weighted by Gasteiger charge is -2.36. The quantitative estimate of drug-likeness (QED) is 0.256. The van der Waals surface area contributed by atoms with Crippen LogP contribution < -0.4 is 16.6 Å². The Morgan fingerprint density at radius 3 is 2.55 bits per heavy atom. The number of hydrazine groups is 1. The maximum Gasteiger partial charge on any atom is 0.367 e. The van der Waals surface area contributed by atoms with E-state index in [1.165, 1.54) is 9.82 Å². The molecule has 2 aliphatic rings. The number of carbonyl (C=O) groups excluding carboxylic acids is 1. The molecular formula is C20H25BN6O5S. The number of nitrogens with one attached hydrogen (secondary N) is 1. The lowest BCUT2D eigenvalue weighted by atomic mass is 9.83. The van der Waals surface area contributed by atoms with Crippen molar-refractivity contribution in [2.24, 2.45) is 20.1 Å². The summed E-state index contributed by atoms with van der Waals surface area (Å²) in [6, 6.07) is 6.20. The summed E-state index contributed by atoms with van der Waals surface area (Å²) < 4.78 is 37.7. The van der Waals surface area contributed by atoms with Gasteiger partial charge in [0.25, 0.3) is 7.41 Å². The molecule has 174 valence electrons. The second-order valence-electron chi connectivity index (χ2n) is 9.21. The number of phenolic OH excluding ortho intramolecular Hbond substituents is 1. The molecule has 1 aromatic heterocycles. The van der Waals surface area contributed by atoms with Crippen molar-refractivity contribution >= 4 is 46.4 Å². The van der Waals surface area contributed by atoms with E-state index in [-0.39, 0.29) is 34.6 Å². The molecule has 33 heavy (non-hydrogen) atoms. The summed E-state index contributed by atoms with van der Waals surface area (Å²) in [5.74, 6) is 6.67. The third-order valence-corrected chi connectivity index (χ3v) is 6.30. The van der Waals surface area contributed by atoms with Gasteiger partial charge in [0.05, 0.1) is 11.3 Å². The zero-order valence-corrected chi connectivity index (χ0v) is 19.8. The van der Waals surface area contributed by atoms with E-state index in [1.807, 2.05) is 20.8 Å². The standard InChI is InChI=1S/C20H25BN6O5S/c1-10-6-9-13(32-10)16(20(2,3)4)27(22)18-17(24-33(30,31)25-18)23-12-8-7-11-14(15(12)28)19(29)26(5)21-11/h6-9,16,21,28H,22H2,1-5H3,(H,23,24)/t16-/m0/s1. The molecule has 0 saturated heterocycles. The first-order valence-corrected chi connectivity index (χ1v) is 11.6. The molecule has 0 spiro atoms. The molecule has 0 radical (unpaired) electrons. The van der Waals surface area contributed by atoms with Crippen LogP contribution in [0.5, 0.6) is 5.75 Å². The van der Waals surface area contributed by atoms with Crippen molar-refractivity contribution in [1.29, 1.82) is 0 Å². The molecule has 4 N–H and O–H groups in total. The van der Waals surface area contributed by atoms with Gasteiger partial charge in [-0.1, -0.05) is 26.8 Å². The van der Waals surface area contributed by atoms with Crippen molar-refractivity contribution in [2.45, 2.75) is 33.7 Å². The Balaban J connectivity index is 1.72. The first-order valence-electron chi connectivity index (χ1n) is 10.2. The fraction of sp³-hybridized carbons (Fsp3) is 0.350. The van der Waals surface area contributed by atoms with E-state index in [0.717, 1.165) is 0 Å². The van der Waals surface area contributed by atoms with E-state index >= 15 is 0 Å². The fourth-order valence-electron chi connectivity index (χ4n) is 4.03. The van der Waals surface area contributed by atoms with Crippen molar-refractivity contribution in [3.05, 3.63) is 41.3 Å². The van der Waals surface area contributed by atoms with Gasteiger partial charge < -0.3 is 19.7 Å². The summed E-state index contributed by atoms with van der Waals surface area (Å²) in [5, 5.41) is 14.7. The highest BCUT2D eigenvalue weighted by atomic mass is 32.2. The van der Waals surface area contributed by atoms with Gasteiger partial charge in [-0.05, 0) is 43.0 Å². The van der Waals surface area contributed by atoms with Crippen LogP contribution in [-0.4, -0.2) is 55.4 Å². The molecule has 13 heteroatoms. The molecule has 0 fully saturated rings. The molecule has 2 aliphatic heterocycles. The van der Waals surface area contributed by atoms with E-state index in [1.54, 1.807) is 38.2 Å². The van der Waals surface area contributed by atoms with Crippen LogP contribution in [0.15, 0.2) is 37.5 Å². The van der Waals surface area contributed by atoms with Crippen LogP contribution in [0.2, 0.25) is 0 Å². The van der Waals surface area contributed by atoms with Crippen LogP contribution in [0.25, 0.3) is 0 Å². The zero-order chi connectivity index (χ0) is 24.3. The predicted molar refractivity (Wildman–Crippen MR) is 126 cm³/mol. The number of rotatable bonds is 3. The summed E-state index contributed by atoms with van der Waals surface area (Å²) >= 11 is 0. The predicted octanol–water partition coefficient (Wildman–Crippen LogP) is 0.786. The normalized spacial score (nSPS) is 17.9. The number of nitrogens with two attached hydrogens (primary N) is 1. The first kappa shape index (κ1) is 22.9. The van der Waals surface area contributed by atoms with E-state index in [4.69, 9.17) is 10.3 Å². The van der Waals surface area contributed by atoms with Gasteiger partial charge in [0.15, 0.2) is 11.6 Å². The Morgan fingerprint density at radius 2 is 1.94 bits per heavy atom. The number of nitrogens with zero attached hydrogens (tertiary/aromatic N) is 4. The molecule has 3 heterocycles. The largest absolute Gasteiger partial charge is 0.505 e. The number of aryl methyl sites for hydroxylation is 1. The Hall–Kier alpha value is -3.32. The van der Waals surface area contributed by atoms with Gasteiger partial charge in [-0.15, -0.1) is 8.80 Å². The van der Waals surface area contributed by atoms with Gasteiger partial charge in [0.1, 0.15) is 17.6 Å². The minimum Gasteiger partial charge on any atom is -0.505 e. The number of fused-ring (bicyclic) bond motifs is 1. The highest BCUT2D eigenvalue weighted by molar-refractivity contribution is 7.89. The van der Waals surface area contributed by atoms with Crippen molar-refractivity contribution in [3.63, 3.8) is 0 Å². The molecule has 1 aromatic carbocycles. The number of anilines is 1. The summed E-state index contributed by atoms with van der Waals surface area (Å²) in [6.45, 7) is 7.58. The Kier molecular flexibility index (Phi) is 5.29. The lowest BCUT2D eigenvalue weighted by molar-refractivity contribution is 0.0888. The number of benzene rings is 1. The smallest absolute Gasteiger partial charge is 0.367 e. The van der Waals surface area contributed by atoms with E-state index < -0.39 is 21.7 Å². The Bertz CT molecular complexity index is 1310. The molecule has 11 nitrogen and oxygen atoms in total. The van der Waals surface area contributed by atoms with Crippen molar-refractivity contribution in [1.82, 2.24) is 9.82 Å². The van der Waals surface area contributed by atoms with Gasteiger partial charge >= 0.3 is 10.2 Å². The summed E-state index contributed by atoms with van der Waals surface area (Å²) in [6.07, 6.45) is 0. The van der Waals surface area contributed by atoms with Crippen LogP contribution in [0, 0.1) is 12.3 Å². The van der Waals surface area contributed by atoms with Crippen molar-refractivity contribution < 1.29 is 22.7 Å². The van der Waals surface area contributed by atoms with Gasteiger partial charge in [0.2, 0.25) is 11.7 Å². The monoisotopic (exact) mass is 472 g/mol. The van der Waals surface area contributed by atoms with Crippen molar-refractivity contribution in [3.8, 4) is 5.75 Å². The number of amidine groups is 2. The zero-order valence-electron chi connectivity index (χ0n) is 18.9. The molecule has 0 aliphatic carbocycles. The summed E-state index contributed by atoms with van der Waals surface area (Å²) in [4.78, 5) is 13.9. The molecular weight excluding hydrogens is 447 g/mol. The van der Waals surface area contributed by atoms with Gasteiger partial charge in [-0.3, -0.25) is 9.80 Å². The SMILES string of the molecule is Cc1ccc([C@H](N(N)C2=NS(=O)(=O)N=C2Nc2ccc3c(c2O)C(=O)N(C)B3)C(C)(C)C)o1. The van der Waals surface area contributed by atoms with E-state index in [2.05, 4.69) is 14.1 Å². The first-order chi connectivity index (χ1) is 15.3. The van der Waals surface area contributed by atoms with Crippen LogP contribution in [0.4, 0.5) is 5.69 Å². The average Bonchev–Trinajstić information content (AvgIpc) is 3.33. The molecule has 4 rings (SSSR count). The molecule has 2 aromatic rings. The maximum absolute atomic E-state index is 12.4. The van der Waals surface area contributed by atoms with Crippen LogP contribution in [0.1, 0.15) is 48.7 Å². The Morgan fingerprint density at radius 1 is 1.24 bits per heavy atom. The molecule has 0 bridgehead atoms. The van der Waals surface area contributed by atoms with Crippen LogP contribution in [-0.2, 0) is 10.2 Å². The second kappa shape index (κ2) is 7.63. The maximum atomic E-state index is 12.4. The third kappa shape index (κ3) is 4.09. The number of aromatic hydroxyl groups is 1. The number of furan rings is 1. The molecule has 0 unspecified atom stereocenters. The molecule has 1 atom stereocenters. The second-order valence-corrected chi connectivity index (χ2v) is 10.5. The van der Waals surface area contributed by atoms with Crippen LogP contribution in [0.3, 0.4) is 0 Å². The van der Waals surface area contributed by atoms with Gasteiger partial charge in [-0.2, -0.15) is 8.42 Å². The number of hydrogen-bond acceptors (Lipinski definition) is 8. The van der Waals surface area contributed by atoms with Gasteiger partial charge in [0, 0.05) is 0 Å².